The van der Waals surface area contributed by atoms with Gasteiger partial charge in [0.15, 0.2) is 0 Å². The molecule has 20 heavy (non-hydrogen) atoms. The van der Waals surface area contributed by atoms with Crippen LogP contribution in [0.5, 0.6) is 0 Å². The maximum absolute atomic E-state index is 6.09. The first kappa shape index (κ1) is 13.2. The molecular formula is C16H13N2PS. The normalized spacial score (nSPS) is 11.2. The molecule has 0 radical (unpaired) electrons. The molecule has 3 rings (SSSR count). The molecular weight excluding hydrogens is 283 g/mol. The molecule has 2 nitrogen and oxygen atoms in total. The second-order valence-corrected chi connectivity index (χ2v) is 8.62. The highest BCUT2D eigenvalue weighted by Gasteiger charge is 2.26. The molecule has 0 bridgehead atoms. The Morgan fingerprint density at radius 2 is 1.15 bits per heavy atom. The van der Waals surface area contributed by atoms with E-state index >= 15 is 0 Å². The summed E-state index contributed by atoms with van der Waals surface area (Å²) in [6.45, 7) is 0. The number of nitrogens with zero attached hydrogens (tertiary/aromatic N) is 2. The third-order valence-corrected chi connectivity index (χ3v) is 7.66. The van der Waals surface area contributed by atoms with Gasteiger partial charge in [-0.3, -0.25) is 9.97 Å². The Balaban J connectivity index is 2.27. The van der Waals surface area contributed by atoms with Gasteiger partial charge in [0.1, 0.15) is 0 Å². The first-order valence-corrected chi connectivity index (χ1v) is 9.11. The predicted octanol–water partition coefficient (Wildman–Crippen LogP) is 2.23. The van der Waals surface area contributed by atoms with Crippen LogP contribution < -0.4 is 16.2 Å². The van der Waals surface area contributed by atoms with Crippen molar-refractivity contribution in [3.63, 3.8) is 0 Å². The minimum absolute atomic E-state index is 0.930. The Kier molecular flexibility index (Phi) is 3.72. The van der Waals surface area contributed by atoms with E-state index in [1.165, 1.54) is 0 Å². The van der Waals surface area contributed by atoms with Gasteiger partial charge in [-0.25, -0.2) is 0 Å². The number of aromatic nitrogens is 2. The summed E-state index contributed by atoms with van der Waals surface area (Å²) < 4.78 is 0. The van der Waals surface area contributed by atoms with Crippen molar-refractivity contribution in [3.8, 4) is 0 Å². The van der Waals surface area contributed by atoms with Gasteiger partial charge in [-0.1, -0.05) is 54.3 Å². The topological polar surface area (TPSA) is 25.8 Å². The van der Waals surface area contributed by atoms with Crippen LogP contribution in [0.2, 0.25) is 0 Å². The molecule has 0 unspecified atom stereocenters. The van der Waals surface area contributed by atoms with E-state index in [9.17, 15) is 0 Å². The summed E-state index contributed by atoms with van der Waals surface area (Å²) in [7, 11) is 0. The summed E-state index contributed by atoms with van der Waals surface area (Å²) in [5.74, 6) is 0. The smallest absolute Gasteiger partial charge is 0.0830 e. The standard InChI is InChI=1S/C16H13N2PS/c20-19(14-8-2-1-3-9-14,15-10-4-6-12-17-15)16-11-5-7-13-18-16/h1-13H. The van der Waals surface area contributed by atoms with Gasteiger partial charge in [0.2, 0.25) is 0 Å². The summed E-state index contributed by atoms with van der Waals surface area (Å²) in [6, 6.07) is 19.8. The molecule has 0 N–H and O–H groups in total. The highest BCUT2D eigenvalue weighted by Crippen LogP contribution is 2.40. The summed E-state index contributed by atoms with van der Waals surface area (Å²) in [6.07, 6.45) is 3.59. The Bertz CT molecular complexity index is 627. The SMILES string of the molecule is S=P(c1ccccc1)(c1ccccn1)c1ccccn1. The van der Waals surface area contributed by atoms with Crippen LogP contribution in [-0.2, 0) is 11.8 Å². The van der Waals surface area contributed by atoms with E-state index in [0.717, 1.165) is 16.2 Å². The Morgan fingerprint density at radius 3 is 1.60 bits per heavy atom. The molecule has 0 aliphatic heterocycles. The van der Waals surface area contributed by atoms with Crippen molar-refractivity contribution in [2.75, 3.05) is 0 Å². The second-order valence-electron chi connectivity index (χ2n) is 4.32. The number of hydrogen-bond donors (Lipinski definition) is 0. The minimum atomic E-state index is -2.17. The van der Waals surface area contributed by atoms with Gasteiger partial charge in [-0.15, -0.1) is 0 Å². The van der Waals surface area contributed by atoms with E-state index < -0.39 is 6.04 Å². The second kappa shape index (κ2) is 5.66. The molecule has 98 valence electrons. The summed E-state index contributed by atoms with van der Waals surface area (Å²) in [5.41, 5.74) is 1.86. The van der Waals surface area contributed by atoms with E-state index in [2.05, 4.69) is 22.1 Å². The van der Waals surface area contributed by atoms with Crippen LogP contribution in [0.3, 0.4) is 0 Å². The first-order valence-electron chi connectivity index (χ1n) is 6.31. The van der Waals surface area contributed by atoms with E-state index in [1.54, 1.807) is 12.4 Å². The lowest BCUT2D eigenvalue weighted by molar-refractivity contribution is 1.37. The van der Waals surface area contributed by atoms with Crippen LogP contribution in [0.4, 0.5) is 0 Å². The fraction of sp³-hybridized carbons (Fsp3) is 0. The van der Waals surface area contributed by atoms with Crippen molar-refractivity contribution < 1.29 is 0 Å². The van der Waals surface area contributed by atoms with Crippen LogP contribution in [0.15, 0.2) is 79.1 Å². The van der Waals surface area contributed by atoms with Crippen LogP contribution in [-0.4, -0.2) is 9.97 Å². The Hall–Kier alpha value is -1.83. The quantitative estimate of drug-likeness (QED) is 0.693. The summed E-state index contributed by atoms with van der Waals surface area (Å²) >= 11 is 6.09. The fourth-order valence-electron chi connectivity index (χ4n) is 2.10. The lowest BCUT2D eigenvalue weighted by Crippen LogP contribution is -2.28. The highest BCUT2D eigenvalue weighted by atomic mass is 32.4. The minimum Gasteiger partial charge on any atom is -0.255 e. The number of rotatable bonds is 3. The average molecular weight is 296 g/mol. The van der Waals surface area contributed by atoms with E-state index in [-0.39, 0.29) is 0 Å². The molecule has 0 atom stereocenters. The van der Waals surface area contributed by atoms with E-state index in [4.69, 9.17) is 11.8 Å². The summed E-state index contributed by atoms with van der Waals surface area (Å²) in [5, 5.41) is 1.12. The van der Waals surface area contributed by atoms with Gasteiger partial charge in [0.05, 0.1) is 16.9 Å². The van der Waals surface area contributed by atoms with Crippen LogP contribution in [0.1, 0.15) is 0 Å². The van der Waals surface area contributed by atoms with Gasteiger partial charge < -0.3 is 0 Å². The van der Waals surface area contributed by atoms with E-state index in [1.807, 2.05) is 54.6 Å². The van der Waals surface area contributed by atoms with E-state index in [0.29, 0.717) is 0 Å². The lowest BCUT2D eigenvalue weighted by atomic mass is 10.4. The Morgan fingerprint density at radius 1 is 0.650 bits per heavy atom. The molecule has 4 heteroatoms. The summed E-state index contributed by atoms with van der Waals surface area (Å²) in [4.78, 5) is 9.02. The van der Waals surface area contributed by atoms with Crippen molar-refractivity contribution in [2.45, 2.75) is 0 Å². The maximum Gasteiger partial charge on any atom is 0.0830 e. The molecule has 0 saturated heterocycles. The van der Waals surface area contributed by atoms with Crippen molar-refractivity contribution in [3.05, 3.63) is 79.1 Å². The third kappa shape index (κ3) is 2.31. The van der Waals surface area contributed by atoms with Crippen molar-refractivity contribution in [2.24, 2.45) is 0 Å². The van der Waals surface area contributed by atoms with Gasteiger partial charge in [-0.2, -0.15) is 0 Å². The molecule has 0 aliphatic carbocycles. The molecule has 1 aromatic carbocycles. The monoisotopic (exact) mass is 296 g/mol. The molecule has 3 aromatic rings. The van der Waals surface area contributed by atoms with Crippen molar-refractivity contribution in [1.82, 2.24) is 9.97 Å². The number of pyridine rings is 2. The largest absolute Gasteiger partial charge is 0.255 e. The highest BCUT2D eigenvalue weighted by molar-refractivity contribution is 8.25. The average Bonchev–Trinajstić information content (AvgIpc) is 2.56. The number of hydrogen-bond acceptors (Lipinski definition) is 3. The van der Waals surface area contributed by atoms with Gasteiger partial charge in [0, 0.05) is 12.4 Å². The lowest BCUT2D eigenvalue weighted by Gasteiger charge is -2.21. The van der Waals surface area contributed by atoms with Gasteiger partial charge in [0.25, 0.3) is 0 Å². The molecule has 0 amide bonds. The molecule has 2 aromatic heterocycles. The van der Waals surface area contributed by atoms with Gasteiger partial charge >= 0.3 is 0 Å². The Labute approximate surface area is 123 Å². The zero-order valence-corrected chi connectivity index (χ0v) is 12.5. The van der Waals surface area contributed by atoms with Crippen LogP contribution in [0.25, 0.3) is 0 Å². The van der Waals surface area contributed by atoms with Crippen molar-refractivity contribution in [1.29, 1.82) is 0 Å². The van der Waals surface area contributed by atoms with Crippen LogP contribution in [0, 0.1) is 0 Å². The fourth-order valence-corrected chi connectivity index (χ4v) is 5.52. The zero-order valence-electron chi connectivity index (χ0n) is 10.8. The van der Waals surface area contributed by atoms with Crippen molar-refractivity contribution >= 4 is 34.0 Å². The molecule has 2 heterocycles. The number of benzene rings is 1. The molecule has 0 saturated carbocycles. The van der Waals surface area contributed by atoms with Crippen LogP contribution >= 0.6 is 6.04 Å². The third-order valence-electron chi connectivity index (χ3n) is 3.06. The molecule has 0 spiro atoms. The first-order chi connectivity index (χ1) is 9.82. The zero-order chi connectivity index (χ0) is 13.8. The predicted molar refractivity (Wildman–Crippen MR) is 88.1 cm³/mol. The maximum atomic E-state index is 6.09. The molecule has 0 aliphatic rings. The molecule has 0 fully saturated rings. The van der Waals surface area contributed by atoms with Gasteiger partial charge in [-0.05, 0) is 29.6 Å².